The molecule has 5 nitrogen and oxygen atoms in total. The van der Waals surface area contributed by atoms with Gasteiger partial charge in [-0.25, -0.2) is 4.79 Å². The van der Waals surface area contributed by atoms with Gasteiger partial charge in [0.15, 0.2) is 0 Å². The van der Waals surface area contributed by atoms with E-state index in [2.05, 4.69) is 5.32 Å². The van der Waals surface area contributed by atoms with Crippen LogP contribution >= 0.6 is 11.8 Å². The molecule has 2 amide bonds. The Morgan fingerprint density at radius 3 is 2.60 bits per heavy atom. The summed E-state index contributed by atoms with van der Waals surface area (Å²) in [7, 11) is 0. The Hall–Kier alpha value is -0.910. The van der Waals surface area contributed by atoms with E-state index in [1.807, 2.05) is 39.5 Å². The monoisotopic (exact) mass is 302 g/mol. The van der Waals surface area contributed by atoms with Crippen molar-refractivity contribution >= 4 is 23.8 Å². The van der Waals surface area contributed by atoms with Crippen LogP contribution in [0.2, 0.25) is 0 Å². The molecular weight excluding hydrogens is 276 g/mol. The normalized spacial score (nSPS) is 21.4. The molecule has 0 saturated carbocycles. The van der Waals surface area contributed by atoms with Gasteiger partial charge in [-0.05, 0) is 18.8 Å². The molecule has 1 fully saturated rings. The minimum atomic E-state index is -0.845. The predicted octanol–water partition coefficient (Wildman–Crippen LogP) is 2.27. The van der Waals surface area contributed by atoms with E-state index in [-0.39, 0.29) is 24.0 Å². The van der Waals surface area contributed by atoms with Crippen molar-refractivity contribution in [3.8, 4) is 0 Å². The van der Waals surface area contributed by atoms with Crippen molar-refractivity contribution in [2.45, 2.75) is 40.2 Å². The van der Waals surface area contributed by atoms with Crippen molar-refractivity contribution in [3.63, 3.8) is 0 Å². The van der Waals surface area contributed by atoms with Gasteiger partial charge in [-0.3, -0.25) is 4.79 Å². The van der Waals surface area contributed by atoms with E-state index < -0.39 is 11.9 Å². The molecule has 1 aliphatic heterocycles. The molecule has 0 aromatic rings. The quantitative estimate of drug-likeness (QED) is 0.836. The summed E-state index contributed by atoms with van der Waals surface area (Å²) in [6, 6.07) is 0.0672. The molecule has 20 heavy (non-hydrogen) atoms. The molecule has 0 spiro atoms. The Morgan fingerprint density at radius 2 is 2.10 bits per heavy atom. The zero-order valence-corrected chi connectivity index (χ0v) is 13.6. The lowest BCUT2D eigenvalue weighted by atomic mass is 9.84. The zero-order valence-electron chi connectivity index (χ0n) is 12.8. The number of amides is 2. The average Bonchev–Trinajstić information content (AvgIpc) is 2.33. The number of carboxylic acid groups (broad SMARTS) is 1. The van der Waals surface area contributed by atoms with E-state index in [0.29, 0.717) is 6.42 Å². The fourth-order valence-electron chi connectivity index (χ4n) is 2.33. The number of thioether (sulfide) groups is 1. The summed E-state index contributed by atoms with van der Waals surface area (Å²) in [5.41, 5.74) is -0.0666. The van der Waals surface area contributed by atoms with Crippen LogP contribution in [0.4, 0.5) is 4.79 Å². The number of hydrogen-bond donors (Lipinski definition) is 2. The van der Waals surface area contributed by atoms with Crippen LogP contribution in [0.3, 0.4) is 0 Å². The van der Waals surface area contributed by atoms with Gasteiger partial charge in [-0.1, -0.05) is 20.8 Å². The third kappa shape index (κ3) is 5.61. The number of nitrogens with one attached hydrogen (secondary N) is 1. The highest BCUT2D eigenvalue weighted by atomic mass is 32.2. The van der Waals surface area contributed by atoms with Gasteiger partial charge in [0, 0.05) is 30.6 Å². The van der Waals surface area contributed by atoms with Gasteiger partial charge in [0.2, 0.25) is 0 Å². The fourth-order valence-corrected chi connectivity index (χ4v) is 3.34. The number of carboxylic acids is 1. The maximum Gasteiger partial charge on any atom is 0.317 e. The van der Waals surface area contributed by atoms with E-state index in [1.165, 1.54) is 0 Å². The maximum atomic E-state index is 12.1. The van der Waals surface area contributed by atoms with Crippen LogP contribution in [0, 0.1) is 11.3 Å². The van der Waals surface area contributed by atoms with Gasteiger partial charge >= 0.3 is 12.0 Å². The van der Waals surface area contributed by atoms with Crippen molar-refractivity contribution < 1.29 is 14.7 Å². The Balaban J connectivity index is 2.50. The van der Waals surface area contributed by atoms with Crippen LogP contribution in [0.1, 0.15) is 34.1 Å². The lowest BCUT2D eigenvalue weighted by Gasteiger charge is -2.33. The largest absolute Gasteiger partial charge is 0.481 e. The molecule has 1 saturated heterocycles. The summed E-state index contributed by atoms with van der Waals surface area (Å²) < 4.78 is 0. The van der Waals surface area contributed by atoms with Crippen LogP contribution in [-0.2, 0) is 4.79 Å². The number of rotatable bonds is 4. The minimum absolute atomic E-state index is 0.0666. The molecule has 6 heteroatoms. The first-order valence-electron chi connectivity index (χ1n) is 7.06. The molecule has 116 valence electrons. The predicted molar refractivity (Wildman–Crippen MR) is 82.1 cm³/mol. The number of hydrogen-bond acceptors (Lipinski definition) is 3. The summed E-state index contributed by atoms with van der Waals surface area (Å²) in [6.45, 7) is 8.98. The first-order chi connectivity index (χ1) is 9.20. The maximum absolute atomic E-state index is 12.1. The average molecular weight is 302 g/mol. The Kier molecular flexibility index (Phi) is 6.17. The minimum Gasteiger partial charge on any atom is -0.481 e. The van der Waals surface area contributed by atoms with Gasteiger partial charge in [0.05, 0.1) is 5.92 Å². The summed E-state index contributed by atoms with van der Waals surface area (Å²) >= 11 is 1.85. The number of aliphatic carboxylic acids is 1. The van der Waals surface area contributed by atoms with Crippen molar-refractivity contribution in [2.75, 3.05) is 24.6 Å². The topological polar surface area (TPSA) is 69.6 Å². The van der Waals surface area contributed by atoms with Gasteiger partial charge in [-0.15, -0.1) is 0 Å². The van der Waals surface area contributed by atoms with Gasteiger partial charge < -0.3 is 15.3 Å². The highest BCUT2D eigenvalue weighted by Gasteiger charge is 2.27. The molecule has 0 radical (unpaired) electrons. The smallest absolute Gasteiger partial charge is 0.317 e. The van der Waals surface area contributed by atoms with Crippen LogP contribution < -0.4 is 5.32 Å². The number of urea groups is 1. The first-order valence-corrected chi connectivity index (χ1v) is 8.21. The molecule has 0 aromatic carbocycles. The SMILES string of the molecule is CC1CSCCN1C(=O)NCC(CC(C)(C)C)C(=O)O. The molecule has 2 N–H and O–H groups in total. The second kappa shape index (κ2) is 7.20. The standard InChI is InChI=1S/C14H26N2O3S/c1-10-9-20-6-5-16(10)13(19)15-8-11(12(17)18)7-14(2,3)4/h10-11H,5-9H2,1-4H3,(H,15,19)(H,17,18). The van der Waals surface area contributed by atoms with E-state index in [0.717, 1.165) is 18.1 Å². The molecule has 2 unspecified atom stereocenters. The van der Waals surface area contributed by atoms with Crippen LogP contribution in [0.15, 0.2) is 0 Å². The molecule has 0 bridgehead atoms. The molecular formula is C14H26N2O3S. The highest BCUT2D eigenvalue weighted by molar-refractivity contribution is 7.99. The molecule has 1 heterocycles. The Bertz CT molecular complexity index is 355. The number of nitrogens with zero attached hydrogens (tertiary/aromatic N) is 1. The van der Waals surface area contributed by atoms with Crippen molar-refractivity contribution in [3.05, 3.63) is 0 Å². The third-order valence-corrected chi connectivity index (χ3v) is 4.53. The van der Waals surface area contributed by atoms with E-state index in [4.69, 9.17) is 0 Å². The summed E-state index contributed by atoms with van der Waals surface area (Å²) in [4.78, 5) is 25.2. The number of carbonyl (C=O) groups is 2. The molecule has 1 rings (SSSR count). The van der Waals surface area contributed by atoms with Gasteiger partial charge in [0.25, 0.3) is 0 Å². The lowest BCUT2D eigenvalue weighted by Crippen LogP contribution is -2.50. The Morgan fingerprint density at radius 1 is 1.45 bits per heavy atom. The van der Waals surface area contributed by atoms with Crippen LogP contribution in [0.5, 0.6) is 0 Å². The van der Waals surface area contributed by atoms with Gasteiger partial charge in [0.1, 0.15) is 0 Å². The number of carbonyl (C=O) groups excluding carboxylic acids is 1. The molecule has 0 aliphatic carbocycles. The van der Waals surface area contributed by atoms with Crippen molar-refractivity contribution in [1.82, 2.24) is 10.2 Å². The third-order valence-electron chi connectivity index (χ3n) is 3.34. The highest BCUT2D eigenvalue weighted by Crippen LogP contribution is 2.24. The zero-order chi connectivity index (χ0) is 15.3. The fraction of sp³-hybridized carbons (Fsp3) is 0.857. The van der Waals surface area contributed by atoms with E-state index in [9.17, 15) is 14.7 Å². The van der Waals surface area contributed by atoms with E-state index in [1.54, 1.807) is 4.90 Å². The van der Waals surface area contributed by atoms with Crippen molar-refractivity contribution in [1.29, 1.82) is 0 Å². The van der Waals surface area contributed by atoms with Crippen LogP contribution in [-0.4, -0.2) is 52.6 Å². The summed E-state index contributed by atoms with van der Waals surface area (Å²) in [6.07, 6.45) is 0.550. The summed E-state index contributed by atoms with van der Waals surface area (Å²) in [5.74, 6) is 0.510. The Labute approximate surface area is 125 Å². The molecule has 0 aromatic heterocycles. The summed E-state index contributed by atoms with van der Waals surface area (Å²) in [5, 5.41) is 12.0. The lowest BCUT2D eigenvalue weighted by molar-refractivity contribution is -0.142. The van der Waals surface area contributed by atoms with E-state index >= 15 is 0 Å². The molecule has 2 atom stereocenters. The second-order valence-corrected chi connectivity index (χ2v) is 7.75. The first kappa shape index (κ1) is 17.1. The van der Waals surface area contributed by atoms with Crippen LogP contribution in [0.25, 0.3) is 0 Å². The second-order valence-electron chi connectivity index (χ2n) is 6.60. The molecule has 1 aliphatic rings. The van der Waals surface area contributed by atoms with Crippen molar-refractivity contribution in [2.24, 2.45) is 11.3 Å². The van der Waals surface area contributed by atoms with Gasteiger partial charge in [-0.2, -0.15) is 11.8 Å².